The number of furan rings is 1. The summed E-state index contributed by atoms with van der Waals surface area (Å²) in [4.78, 5) is 15.8. The highest BCUT2D eigenvalue weighted by molar-refractivity contribution is 6.35. The number of aryl methyl sites for hydroxylation is 2. The second-order valence-corrected chi connectivity index (χ2v) is 9.99. The quantitative estimate of drug-likeness (QED) is 0.319. The van der Waals surface area contributed by atoms with Crippen LogP contribution in [0.15, 0.2) is 46.9 Å². The SMILES string of the molecule is Cc1cc2ccc(C(=O)N3C4CCCC3c3nn(C)c(-c5cc(Cl)cc(Cl)c5)c3C4)cc2o1. The summed E-state index contributed by atoms with van der Waals surface area (Å²) in [7, 11) is 1.95. The van der Waals surface area contributed by atoms with Crippen LogP contribution >= 0.6 is 23.2 Å². The van der Waals surface area contributed by atoms with Crippen molar-refractivity contribution in [2.45, 2.75) is 44.7 Å². The fraction of sp³-hybridized carbons (Fsp3) is 0.308. The maximum atomic E-state index is 13.7. The number of piperidine rings is 1. The molecule has 2 bridgehead atoms. The first-order chi connectivity index (χ1) is 15.9. The molecule has 6 rings (SSSR count). The van der Waals surface area contributed by atoms with Gasteiger partial charge in [0.15, 0.2) is 0 Å². The fourth-order valence-electron chi connectivity index (χ4n) is 5.65. The Bertz CT molecular complexity index is 1400. The Morgan fingerprint density at radius 1 is 1.09 bits per heavy atom. The van der Waals surface area contributed by atoms with Gasteiger partial charge in [-0.15, -0.1) is 0 Å². The van der Waals surface area contributed by atoms with Crippen LogP contribution in [0.2, 0.25) is 10.0 Å². The molecule has 0 spiro atoms. The first-order valence-corrected chi connectivity index (χ1v) is 12.0. The fourth-order valence-corrected chi connectivity index (χ4v) is 6.17. The first kappa shape index (κ1) is 20.8. The molecule has 0 aliphatic carbocycles. The van der Waals surface area contributed by atoms with Crippen molar-refractivity contribution in [1.82, 2.24) is 14.7 Å². The van der Waals surface area contributed by atoms with Gasteiger partial charge in [0.05, 0.1) is 17.4 Å². The number of fused-ring (bicyclic) bond motifs is 5. The minimum absolute atomic E-state index is 0.0383. The van der Waals surface area contributed by atoms with E-state index in [0.717, 1.165) is 59.4 Å². The summed E-state index contributed by atoms with van der Waals surface area (Å²) in [5.41, 5.74) is 5.59. The highest BCUT2D eigenvalue weighted by Crippen LogP contribution is 2.45. The molecular formula is C26H23Cl2N3O2. The molecule has 0 radical (unpaired) electrons. The third kappa shape index (κ3) is 3.37. The lowest BCUT2D eigenvalue weighted by molar-refractivity contribution is 0.0392. The zero-order valence-corrected chi connectivity index (χ0v) is 20.0. The van der Waals surface area contributed by atoms with E-state index >= 15 is 0 Å². The van der Waals surface area contributed by atoms with Gasteiger partial charge in [-0.1, -0.05) is 29.3 Å². The highest BCUT2D eigenvalue weighted by Gasteiger charge is 2.43. The number of aromatic nitrogens is 2. The van der Waals surface area contributed by atoms with E-state index in [1.54, 1.807) is 6.07 Å². The standard InChI is InChI=1S/C26H23Cl2N3O2/c1-14-8-15-6-7-16(11-23(15)33-14)26(32)31-20-4-3-5-22(31)24-21(13-20)25(30(2)29-24)17-9-18(27)12-19(28)10-17/h6-12,20,22H,3-5,13H2,1-2H3. The van der Waals surface area contributed by atoms with E-state index in [9.17, 15) is 4.79 Å². The molecule has 4 heterocycles. The molecule has 2 aliphatic rings. The second-order valence-electron chi connectivity index (χ2n) is 9.12. The maximum Gasteiger partial charge on any atom is 0.254 e. The van der Waals surface area contributed by atoms with Crippen LogP contribution in [0.1, 0.15) is 52.7 Å². The number of carbonyl (C=O) groups excluding carboxylic acids is 1. The van der Waals surface area contributed by atoms with Crippen LogP contribution in [-0.4, -0.2) is 26.6 Å². The largest absolute Gasteiger partial charge is 0.461 e. The van der Waals surface area contributed by atoms with Gasteiger partial charge in [0, 0.05) is 45.2 Å². The molecule has 0 saturated carbocycles. The number of hydrogen-bond acceptors (Lipinski definition) is 3. The summed E-state index contributed by atoms with van der Waals surface area (Å²) in [6.07, 6.45) is 3.75. The van der Waals surface area contributed by atoms with E-state index in [0.29, 0.717) is 15.6 Å². The number of halogens is 2. The van der Waals surface area contributed by atoms with Crippen molar-refractivity contribution in [2.75, 3.05) is 0 Å². The Morgan fingerprint density at radius 2 is 1.88 bits per heavy atom. The van der Waals surface area contributed by atoms with Gasteiger partial charge < -0.3 is 9.32 Å². The van der Waals surface area contributed by atoms with Crippen molar-refractivity contribution in [3.63, 3.8) is 0 Å². The van der Waals surface area contributed by atoms with E-state index in [2.05, 4.69) is 4.90 Å². The van der Waals surface area contributed by atoms with Crippen LogP contribution in [0.25, 0.3) is 22.2 Å². The van der Waals surface area contributed by atoms with E-state index in [1.165, 1.54) is 5.56 Å². The van der Waals surface area contributed by atoms with Crippen LogP contribution < -0.4 is 0 Å². The number of benzene rings is 2. The molecule has 2 aliphatic heterocycles. The summed E-state index contributed by atoms with van der Waals surface area (Å²) < 4.78 is 7.69. The smallest absolute Gasteiger partial charge is 0.254 e. The van der Waals surface area contributed by atoms with Gasteiger partial charge in [-0.25, -0.2) is 0 Å². The van der Waals surface area contributed by atoms with Crippen LogP contribution in [0, 0.1) is 6.92 Å². The molecule has 2 atom stereocenters. The number of amides is 1. The molecule has 7 heteroatoms. The van der Waals surface area contributed by atoms with Gasteiger partial charge in [0.1, 0.15) is 11.3 Å². The normalized spacial score (nSPS) is 19.7. The Morgan fingerprint density at radius 3 is 2.67 bits per heavy atom. The summed E-state index contributed by atoms with van der Waals surface area (Å²) >= 11 is 12.6. The lowest BCUT2D eigenvalue weighted by Crippen LogP contribution is -2.49. The Hall–Kier alpha value is -2.76. The topological polar surface area (TPSA) is 51.3 Å². The van der Waals surface area contributed by atoms with Gasteiger partial charge >= 0.3 is 0 Å². The Balaban J connectivity index is 1.42. The van der Waals surface area contributed by atoms with Crippen LogP contribution in [0.3, 0.4) is 0 Å². The van der Waals surface area contributed by atoms with Crippen molar-refractivity contribution >= 4 is 40.1 Å². The lowest BCUT2D eigenvalue weighted by atomic mass is 9.81. The van der Waals surface area contributed by atoms with E-state index in [1.807, 2.05) is 55.1 Å². The number of carbonyl (C=O) groups is 1. The van der Waals surface area contributed by atoms with Crippen molar-refractivity contribution in [2.24, 2.45) is 7.05 Å². The van der Waals surface area contributed by atoms with Crippen LogP contribution in [-0.2, 0) is 13.5 Å². The molecular weight excluding hydrogens is 457 g/mol. The van der Waals surface area contributed by atoms with Gasteiger partial charge in [0.2, 0.25) is 0 Å². The monoisotopic (exact) mass is 479 g/mol. The third-order valence-electron chi connectivity index (χ3n) is 6.94. The summed E-state index contributed by atoms with van der Waals surface area (Å²) in [6, 6.07) is 13.4. The molecule has 1 fully saturated rings. The molecule has 5 nitrogen and oxygen atoms in total. The van der Waals surface area contributed by atoms with Crippen LogP contribution in [0.4, 0.5) is 0 Å². The van der Waals surface area contributed by atoms with Gasteiger partial charge in [-0.3, -0.25) is 9.48 Å². The Labute approximate surface area is 201 Å². The average molecular weight is 480 g/mol. The van der Waals surface area contributed by atoms with E-state index in [4.69, 9.17) is 32.7 Å². The lowest BCUT2D eigenvalue weighted by Gasteiger charge is -2.45. The molecule has 2 aromatic heterocycles. The zero-order valence-electron chi connectivity index (χ0n) is 18.4. The molecule has 0 N–H and O–H groups in total. The van der Waals surface area contributed by atoms with Crippen molar-refractivity contribution in [3.8, 4) is 11.3 Å². The molecule has 4 aromatic rings. The third-order valence-corrected chi connectivity index (χ3v) is 7.37. The minimum atomic E-state index is -0.0383. The van der Waals surface area contributed by atoms with Gasteiger partial charge in [-0.05, 0) is 69.0 Å². The number of hydrogen-bond donors (Lipinski definition) is 0. The molecule has 33 heavy (non-hydrogen) atoms. The molecule has 2 aromatic carbocycles. The summed E-state index contributed by atoms with van der Waals surface area (Å²) in [5, 5.41) is 7.12. The Kier molecular flexibility index (Phi) is 4.82. The van der Waals surface area contributed by atoms with Gasteiger partial charge in [0.25, 0.3) is 5.91 Å². The summed E-state index contributed by atoms with van der Waals surface area (Å²) in [5.74, 6) is 0.889. The summed E-state index contributed by atoms with van der Waals surface area (Å²) in [6.45, 7) is 1.92. The van der Waals surface area contributed by atoms with E-state index < -0.39 is 0 Å². The minimum Gasteiger partial charge on any atom is -0.461 e. The van der Waals surface area contributed by atoms with Crippen molar-refractivity contribution in [3.05, 3.63) is 75.1 Å². The van der Waals surface area contributed by atoms with E-state index in [-0.39, 0.29) is 18.0 Å². The highest BCUT2D eigenvalue weighted by atomic mass is 35.5. The molecule has 168 valence electrons. The average Bonchev–Trinajstić information content (AvgIpc) is 3.29. The first-order valence-electron chi connectivity index (χ1n) is 11.2. The maximum absolute atomic E-state index is 13.7. The van der Waals surface area contributed by atoms with Crippen molar-refractivity contribution < 1.29 is 9.21 Å². The predicted octanol–water partition coefficient (Wildman–Crippen LogP) is 6.74. The molecule has 1 amide bonds. The van der Waals surface area contributed by atoms with Crippen LogP contribution in [0.5, 0.6) is 0 Å². The zero-order chi connectivity index (χ0) is 22.9. The van der Waals surface area contributed by atoms with Gasteiger partial charge in [-0.2, -0.15) is 5.10 Å². The number of nitrogens with zero attached hydrogens (tertiary/aromatic N) is 3. The molecule has 1 saturated heterocycles. The second kappa shape index (κ2) is 7.64. The predicted molar refractivity (Wildman–Crippen MR) is 130 cm³/mol. The molecule has 2 unspecified atom stereocenters. The number of rotatable bonds is 2. The van der Waals surface area contributed by atoms with Crippen molar-refractivity contribution in [1.29, 1.82) is 0 Å².